The van der Waals surface area contributed by atoms with Gasteiger partial charge in [0.25, 0.3) is 5.69 Å². The van der Waals surface area contributed by atoms with Crippen molar-refractivity contribution in [3.63, 3.8) is 0 Å². The number of hydrogen-bond acceptors (Lipinski definition) is 4. The number of nitro benzene ring substituents is 1. The Hall–Kier alpha value is -2.69. The molecule has 1 saturated carbocycles. The molecule has 0 bridgehead atoms. The van der Waals surface area contributed by atoms with Gasteiger partial charge in [-0.2, -0.15) is 0 Å². The van der Waals surface area contributed by atoms with Gasteiger partial charge in [-0.15, -0.1) is 0 Å². The van der Waals surface area contributed by atoms with Crippen LogP contribution in [0.2, 0.25) is 0 Å². The summed E-state index contributed by atoms with van der Waals surface area (Å²) >= 11 is 0. The Labute approximate surface area is 121 Å². The van der Waals surface area contributed by atoms with Crippen LogP contribution in [0.1, 0.15) is 17.9 Å². The third-order valence-corrected chi connectivity index (χ3v) is 3.59. The van der Waals surface area contributed by atoms with Crippen molar-refractivity contribution in [3.8, 4) is 5.75 Å². The molecule has 106 valence electrons. The monoisotopic (exact) mass is 283 g/mol. The van der Waals surface area contributed by atoms with Gasteiger partial charge in [0.2, 0.25) is 0 Å². The van der Waals surface area contributed by atoms with Crippen molar-refractivity contribution < 1.29 is 14.5 Å². The summed E-state index contributed by atoms with van der Waals surface area (Å²) in [6.07, 6.45) is 0.788. The van der Waals surface area contributed by atoms with Gasteiger partial charge in [-0.3, -0.25) is 14.9 Å². The van der Waals surface area contributed by atoms with Gasteiger partial charge in [0.05, 0.1) is 10.8 Å². The van der Waals surface area contributed by atoms with Crippen molar-refractivity contribution in [1.82, 2.24) is 0 Å². The van der Waals surface area contributed by atoms with E-state index in [4.69, 9.17) is 4.74 Å². The van der Waals surface area contributed by atoms with Crippen molar-refractivity contribution >= 4 is 11.7 Å². The van der Waals surface area contributed by atoms with Gasteiger partial charge in [-0.05, 0) is 30.0 Å². The Morgan fingerprint density at radius 3 is 2.38 bits per heavy atom. The van der Waals surface area contributed by atoms with Crippen LogP contribution in [0, 0.1) is 16.0 Å². The topological polar surface area (TPSA) is 69.4 Å². The Morgan fingerprint density at radius 2 is 1.76 bits per heavy atom. The van der Waals surface area contributed by atoms with Gasteiger partial charge in [0.15, 0.2) is 0 Å². The fourth-order valence-corrected chi connectivity index (χ4v) is 2.35. The number of nitro groups is 1. The minimum absolute atomic E-state index is 0.0246. The smallest absolute Gasteiger partial charge is 0.314 e. The lowest BCUT2D eigenvalue weighted by Crippen LogP contribution is -2.11. The maximum absolute atomic E-state index is 12.0. The molecule has 1 fully saturated rings. The van der Waals surface area contributed by atoms with Gasteiger partial charge in [0.1, 0.15) is 5.75 Å². The normalized spacial score (nSPS) is 19.8. The van der Waals surface area contributed by atoms with Crippen LogP contribution in [-0.2, 0) is 4.79 Å². The third kappa shape index (κ3) is 2.91. The second-order valence-corrected chi connectivity index (χ2v) is 5.03. The number of carbonyl (C=O) groups excluding carboxylic acids is 1. The van der Waals surface area contributed by atoms with E-state index in [1.54, 1.807) is 0 Å². The zero-order chi connectivity index (χ0) is 14.8. The maximum atomic E-state index is 12.0. The lowest BCUT2D eigenvalue weighted by Gasteiger charge is -2.04. The van der Waals surface area contributed by atoms with Crippen LogP contribution >= 0.6 is 0 Å². The Balaban J connectivity index is 1.62. The molecule has 5 nitrogen and oxygen atoms in total. The summed E-state index contributed by atoms with van der Waals surface area (Å²) < 4.78 is 5.26. The number of ether oxygens (including phenoxy) is 1. The number of carbonyl (C=O) groups is 1. The van der Waals surface area contributed by atoms with Crippen molar-refractivity contribution in [3.05, 3.63) is 70.3 Å². The summed E-state index contributed by atoms with van der Waals surface area (Å²) in [7, 11) is 0. The fraction of sp³-hybridized carbons (Fsp3) is 0.188. The molecule has 3 rings (SSSR count). The van der Waals surface area contributed by atoms with E-state index < -0.39 is 4.92 Å². The van der Waals surface area contributed by atoms with Gasteiger partial charge in [-0.25, -0.2) is 0 Å². The van der Waals surface area contributed by atoms with Crippen LogP contribution in [-0.4, -0.2) is 10.9 Å². The standard InChI is InChI=1S/C16H13NO4/c18-16(15-10-14(15)11-4-2-1-3-5-11)21-13-8-6-12(7-9-13)17(19)20/h1-9,14-15H,10H2/t14-,15+/m0/s1. The van der Waals surface area contributed by atoms with Crippen molar-refractivity contribution in [1.29, 1.82) is 0 Å². The van der Waals surface area contributed by atoms with E-state index in [-0.39, 0.29) is 23.5 Å². The Kier molecular flexibility index (Phi) is 3.39. The van der Waals surface area contributed by atoms with Crippen LogP contribution in [0.15, 0.2) is 54.6 Å². The lowest BCUT2D eigenvalue weighted by molar-refractivity contribution is -0.384. The molecule has 2 aromatic rings. The number of esters is 1. The van der Waals surface area contributed by atoms with Crippen LogP contribution in [0.5, 0.6) is 5.75 Å². The second kappa shape index (κ2) is 5.36. The SMILES string of the molecule is O=C(Oc1ccc([N+](=O)[O-])cc1)[C@@H]1C[C@H]1c1ccccc1. The van der Waals surface area contributed by atoms with Crippen LogP contribution in [0.25, 0.3) is 0 Å². The number of non-ortho nitro benzene ring substituents is 1. The van der Waals surface area contributed by atoms with E-state index in [2.05, 4.69) is 0 Å². The predicted octanol–water partition coefficient (Wildman–Crippen LogP) is 3.30. The highest BCUT2D eigenvalue weighted by molar-refractivity contribution is 5.79. The molecule has 0 spiro atoms. The molecule has 2 atom stereocenters. The molecule has 0 heterocycles. The highest BCUT2D eigenvalue weighted by Crippen LogP contribution is 2.48. The molecule has 0 amide bonds. The Bertz CT molecular complexity index is 666. The first-order chi connectivity index (χ1) is 10.1. The Morgan fingerprint density at radius 1 is 1.10 bits per heavy atom. The van der Waals surface area contributed by atoms with E-state index in [0.717, 1.165) is 12.0 Å². The van der Waals surface area contributed by atoms with Crippen molar-refractivity contribution in [2.45, 2.75) is 12.3 Å². The molecule has 0 N–H and O–H groups in total. The summed E-state index contributed by atoms with van der Waals surface area (Å²) in [5.41, 5.74) is 1.12. The van der Waals surface area contributed by atoms with Gasteiger partial charge in [-0.1, -0.05) is 30.3 Å². The average Bonchev–Trinajstić information content (AvgIpc) is 3.29. The number of nitrogens with zero attached hydrogens (tertiary/aromatic N) is 1. The van der Waals surface area contributed by atoms with Gasteiger partial charge < -0.3 is 4.74 Å². The zero-order valence-corrected chi connectivity index (χ0v) is 11.1. The minimum atomic E-state index is -0.488. The summed E-state index contributed by atoms with van der Waals surface area (Å²) in [4.78, 5) is 22.1. The molecule has 0 saturated heterocycles. The van der Waals surface area contributed by atoms with Crippen LogP contribution in [0.3, 0.4) is 0 Å². The quantitative estimate of drug-likeness (QED) is 0.373. The maximum Gasteiger partial charge on any atom is 0.314 e. The number of rotatable bonds is 4. The van der Waals surface area contributed by atoms with E-state index in [1.807, 2.05) is 30.3 Å². The van der Waals surface area contributed by atoms with E-state index in [1.165, 1.54) is 24.3 Å². The first-order valence-corrected chi connectivity index (χ1v) is 6.66. The predicted molar refractivity (Wildman–Crippen MR) is 76.0 cm³/mol. The summed E-state index contributed by atoms with van der Waals surface area (Å²) in [5, 5.41) is 10.6. The summed E-state index contributed by atoms with van der Waals surface area (Å²) in [6.45, 7) is 0. The highest BCUT2D eigenvalue weighted by Gasteiger charge is 2.45. The molecule has 0 aromatic heterocycles. The van der Waals surface area contributed by atoms with E-state index in [9.17, 15) is 14.9 Å². The summed E-state index contributed by atoms with van der Waals surface area (Å²) in [6, 6.07) is 15.4. The molecular weight excluding hydrogens is 270 g/mol. The van der Waals surface area contributed by atoms with Crippen molar-refractivity contribution in [2.24, 2.45) is 5.92 Å². The lowest BCUT2D eigenvalue weighted by atomic mass is 10.1. The molecule has 5 heteroatoms. The third-order valence-electron chi connectivity index (χ3n) is 3.59. The molecule has 0 aliphatic heterocycles. The largest absolute Gasteiger partial charge is 0.426 e. The summed E-state index contributed by atoms with van der Waals surface area (Å²) in [5.74, 6) is 0.154. The first kappa shape index (κ1) is 13.3. The molecule has 21 heavy (non-hydrogen) atoms. The second-order valence-electron chi connectivity index (χ2n) is 5.03. The van der Waals surface area contributed by atoms with Gasteiger partial charge in [0, 0.05) is 12.1 Å². The highest BCUT2D eigenvalue weighted by atomic mass is 16.6. The molecular formula is C16H13NO4. The number of hydrogen-bond donors (Lipinski definition) is 0. The zero-order valence-electron chi connectivity index (χ0n) is 11.1. The fourth-order valence-electron chi connectivity index (χ4n) is 2.35. The van der Waals surface area contributed by atoms with E-state index in [0.29, 0.717) is 5.75 Å². The molecule has 1 aliphatic carbocycles. The molecule has 0 radical (unpaired) electrons. The average molecular weight is 283 g/mol. The van der Waals surface area contributed by atoms with E-state index >= 15 is 0 Å². The van der Waals surface area contributed by atoms with Crippen molar-refractivity contribution in [2.75, 3.05) is 0 Å². The molecule has 1 aliphatic rings. The minimum Gasteiger partial charge on any atom is -0.426 e. The molecule has 2 aromatic carbocycles. The van der Waals surface area contributed by atoms with Gasteiger partial charge >= 0.3 is 5.97 Å². The van der Waals surface area contributed by atoms with Crippen LogP contribution < -0.4 is 4.74 Å². The van der Waals surface area contributed by atoms with Crippen LogP contribution in [0.4, 0.5) is 5.69 Å². The first-order valence-electron chi connectivity index (χ1n) is 6.66. The molecule has 0 unspecified atom stereocenters. The number of benzene rings is 2.